The molecule has 0 radical (unpaired) electrons. The number of aliphatic carboxylic acids is 1. The molecule has 0 atom stereocenters. The quantitative estimate of drug-likeness (QED) is 0.836. The van der Waals surface area contributed by atoms with Crippen molar-refractivity contribution in [3.8, 4) is 5.69 Å². The van der Waals surface area contributed by atoms with Gasteiger partial charge in [-0.05, 0) is 30.5 Å². The first-order chi connectivity index (χ1) is 8.69. The number of thioether (sulfide) groups is 1. The van der Waals surface area contributed by atoms with Crippen molar-refractivity contribution in [1.29, 1.82) is 0 Å². The molecule has 5 nitrogen and oxygen atoms in total. The summed E-state index contributed by atoms with van der Waals surface area (Å²) in [5.74, 6) is -0.825. The zero-order valence-corrected chi connectivity index (χ0v) is 10.7. The standard InChI is InChI=1S/C12H13N3O2S/c1-18-11-5-3-10(4-6-11)15-8-9(13-14-15)2-7-12(16)17/h3-6,8H,2,7H2,1H3,(H,16,17). The third-order valence-corrected chi connectivity index (χ3v) is 3.22. The number of carboxylic acid groups (broad SMARTS) is 1. The van der Waals surface area contributed by atoms with Crippen LogP contribution < -0.4 is 0 Å². The number of nitrogens with zero attached hydrogens (tertiary/aromatic N) is 3. The van der Waals surface area contributed by atoms with Gasteiger partial charge in [0.25, 0.3) is 0 Å². The van der Waals surface area contributed by atoms with E-state index in [-0.39, 0.29) is 6.42 Å². The molecule has 0 spiro atoms. The average Bonchev–Trinajstić information content (AvgIpc) is 2.85. The van der Waals surface area contributed by atoms with Gasteiger partial charge in [0.1, 0.15) is 0 Å². The predicted octanol–water partition coefficient (Wildman–Crippen LogP) is 2.01. The maximum atomic E-state index is 10.5. The second-order valence-electron chi connectivity index (χ2n) is 3.75. The van der Waals surface area contributed by atoms with Crippen LogP contribution in [-0.2, 0) is 11.2 Å². The molecule has 2 aromatic rings. The van der Waals surface area contributed by atoms with Crippen molar-refractivity contribution in [2.75, 3.05) is 6.26 Å². The Morgan fingerprint density at radius 2 is 2.11 bits per heavy atom. The van der Waals surface area contributed by atoms with Gasteiger partial charge in [-0.1, -0.05) is 5.21 Å². The number of aromatic nitrogens is 3. The summed E-state index contributed by atoms with van der Waals surface area (Å²) in [5, 5.41) is 16.5. The van der Waals surface area contributed by atoms with Gasteiger partial charge in [-0.25, -0.2) is 4.68 Å². The van der Waals surface area contributed by atoms with Crippen LogP contribution in [0, 0.1) is 0 Å². The number of hydrogen-bond donors (Lipinski definition) is 1. The highest BCUT2D eigenvalue weighted by molar-refractivity contribution is 7.98. The van der Waals surface area contributed by atoms with Crippen LogP contribution in [0.4, 0.5) is 0 Å². The molecule has 0 bridgehead atoms. The predicted molar refractivity (Wildman–Crippen MR) is 69.1 cm³/mol. The zero-order valence-electron chi connectivity index (χ0n) is 9.91. The van der Waals surface area contributed by atoms with Gasteiger partial charge in [-0.2, -0.15) is 0 Å². The first-order valence-corrected chi connectivity index (χ1v) is 6.69. The second-order valence-corrected chi connectivity index (χ2v) is 4.63. The summed E-state index contributed by atoms with van der Waals surface area (Å²) in [4.78, 5) is 11.6. The van der Waals surface area contributed by atoms with E-state index >= 15 is 0 Å². The molecule has 1 aromatic carbocycles. The molecular formula is C12H13N3O2S. The highest BCUT2D eigenvalue weighted by Crippen LogP contribution is 2.16. The van der Waals surface area contributed by atoms with Crippen LogP contribution in [0.25, 0.3) is 5.69 Å². The van der Waals surface area contributed by atoms with E-state index in [0.29, 0.717) is 12.1 Å². The van der Waals surface area contributed by atoms with Gasteiger partial charge in [0.2, 0.25) is 0 Å². The molecule has 0 aliphatic rings. The Morgan fingerprint density at radius 1 is 1.39 bits per heavy atom. The number of carbonyl (C=O) groups is 1. The van der Waals surface area contributed by atoms with Crippen molar-refractivity contribution in [2.24, 2.45) is 0 Å². The maximum Gasteiger partial charge on any atom is 0.303 e. The number of aryl methyl sites for hydroxylation is 1. The van der Waals surface area contributed by atoms with E-state index < -0.39 is 5.97 Å². The van der Waals surface area contributed by atoms with Gasteiger partial charge in [-0.15, -0.1) is 16.9 Å². The number of benzene rings is 1. The monoisotopic (exact) mass is 263 g/mol. The van der Waals surface area contributed by atoms with E-state index in [2.05, 4.69) is 10.3 Å². The first kappa shape index (κ1) is 12.6. The summed E-state index contributed by atoms with van der Waals surface area (Å²) in [6.45, 7) is 0. The number of carboxylic acids is 1. The van der Waals surface area contributed by atoms with Crippen molar-refractivity contribution in [1.82, 2.24) is 15.0 Å². The minimum absolute atomic E-state index is 0.0735. The van der Waals surface area contributed by atoms with Crippen LogP contribution in [0.1, 0.15) is 12.1 Å². The minimum atomic E-state index is -0.825. The number of hydrogen-bond acceptors (Lipinski definition) is 4. The maximum absolute atomic E-state index is 10.5. The van der Waals surface area contributed by atoms with Crippen LogP contribution in [0.2, 0.25) is 0 Å². The molecule has 1 N–H and O–H groups in total. The first-order valence-electron chi connectivity index (χ1n) is 5.46. The fraction of sp³-hybridized carbons (Fsp3) is 0.250. The molecule has 2 rings (SSSR count). The third kappa shape index (κ3) is 3.10. The van der Waals surface area contributed by atoms with Crippen LogP contribution in [-0.4, -0.2) is 32.3 Å². The fourth-order valence-electron chi connectivity index (χ4n) is 1.51. The highest BCUT2D eigenvalue weighted by Gasteiger charge is 2.05. The van der Waals surface area contributed by atoms with E-state index in [9.17, 15) is 4.79 Å². The van der Waals surface area contributed by atoms with Crippen molar-refractivity contribution in [3.05, 3.63) is 36.2 Å². The topological polar surface area (TPSA) is 68.0 Å². The Balaban J connectivity index is 2.10. The van der Waals surface area contributed by atoms with Gasteiger partial charge in [0.15, 0.2) is 0 Å². The van der Waals surface area contributed by atoms with Gasteiger partial charge < -0.3 is 5.11 Å². The van der Waals surface area contributed by atoms with E-state index in [4.69, 9.17) is 5.11 Å². The molecular weight excluding hydrogens is 250 g/mol. The summed E-state index contributed by atoms with van der Waals surface area (Å²) in [5.41, 5.74) is 1.60. The van der Waals surface area contributed by atoms with Gasteiger partial charge in [0, 0.05) is 11.3 Å². The zero-order chi connectivity index (χ0) is 13.0. The molecule has 0 amide bonds. The third-order valence-electron chi connectivity index (χ3n) is 2.47. The lowest BCUT2D eigenvalue weighted by atomic mass is 10.2. The fourth-order valence-corrected chi connectivity index (χ4v) is 1.92. The lowest BCUT2D eigenvalue weighted by Crippen LogP contribution is -1.97. The van der Waals surface area contributed by atoms with Gasteiger partial charge in [0.05, 0.1) is 24.0 Å². The van der Waals surface area contributed by atoms with E-state index in [1.54, 1.807) is 22.6 Å². The molecule has 0 fully saturated rings. The van der Waals surface area contributed by atoms with Gasteiger partial charge >= 0.3 is 5.97 Å². The molecule has 0 saturated carbocycles. The van der Waals surface area contributed by atoms with Gasteiger partial charge in [-0.3, -0.25) is 4.79 Å². The SMILES string of the molecule is CSc1ccc(-n2cc(CCC(=O)O)nn2)cc1. The summed E-state index contributed by atoms with van der Waals surface area (Å²) in [7, 11) is 0. The molecule has 0 aliphatic carbocycles. The Labute approximate surface area is 109 Å². The molecule has 94 valence electrons. The molecule has 1 aromatic heterocycles. The normalized spacial score (nSPS) is 10.5. The molecule has 1 heterocycles. The second kappa shape index (κ2) is 5.68. The van der Waals surface area contributed by atoms with Crippen molar-refractivity contribution in [3.63, 3.8) is 0 Å². The van der Waals surface area contributed by atoms with Crippen molar-refractivity contribution >= 4 is 17.7 Å². The Morgan fingerprint density at radius 3 is 2.72 bits per heavy atom. The lowest BCUT2D eigenvalue weighted by molar-refractivity contribution is -0.136. The van der Waals surface area contributed by atoms with E-state index in [1.165, 1.54) is 4.90 Å². The molecule has 0 saturated heterocycles. The number of rotatable bonds is 5. The molecule has 0 unspecified atom stereocenters. The summed E-state index contributed by atoms with van der Waals surface area (Å²) in [6, 6.07) is 7.94. The van der Waals surface area contributed by atoms with Crippen LogP contribution in [0.15, 0.2) is 35.4 Å². The minimum Gasteiger partial charge on any atom is -0.481 e. The molecule has 6 heteroatoms. The van der Waals surface area contributed by atoms with Crippen LogP contribution >= 0.6 is 11.8 Å². The smallest absolute Gasteiger partial charge is 0.303 e. The average molecular weight is 263 g/mol. The Kier molecular flexibility index (Phi) is 3.99. The van der Waals surface area contributed by atoms with Crippen LogP contribution in [0.5, 0.6) is 0 Å². The van der Waals surface area contributed by atoms with E-state index in [1.807, 2.05) is 30.5 Å². The Hall–Kier alpha value is -1.82. The summed E-state index contributed by atoms with van der Waals surface area (Å²) >= 11 is 1.68. The molecule has 0 aliphatic heterocycles. The lowest BCUT2D eigenvalue weighted by Gasteiger charge is -2.00. The highest BCUT2D eigenvalue weighted by atomic mass is 32.2. The van der Waals surface area contributed by atoms with E-state index in [0.717, 1.165) is 5.69 Å². The molecule has 18 heavy (non-hydrogen) atoms. The van der Waals surface area contributed by atoms with Crippen molar-refractivity contribution < 1.29 is 9.90 Å². The summed E-state index contributed by atoms with van der Waals surface area (Å²) < 4.78 is 1.65. The largest absolute Gasteiger partial charge is 0.481 e. The van der Waals surface area contributed by atoms with Crippen LogP contribution in [0.3, 0.4) is 0 Å². The Bertz CT molecular complexity index is 537. The summed E-state index contributed by atoms with van der Waals surface area (Å²) in [6.07, 6.45) is 4.26. The van der Waals surface area contributed by atoms with Crippen molar-refractivity contribution in [2.45, 2.75) is 17.7 Å².